The second kappa shape index (κ2) is 9.53. The van der Waals surface area contributed by atoms with Crippen LogP contribution < -0.4 is 0 Å². The fraction of sp³-hybridized carbons (Fsp3) is 0.467. The van der Waals surface area contributed by atoms with Crippen LogP contribution in [-0.2, 0) is 0 Å². The lowest BCUT2D eigenvalue weighted by Gasteiger charge is -1.97. The lowest BCUT2D eigenvalue weighted by Crippen LogP contribution is -1.75. The maximum atomic E-state index is 2.33. The number of hydrogen-bond donors (Lipinski definition) is 0. The zero-order valence-corrected chi connectivity index (χ0v) is 11.0. The minimum atomic E-state index is 1.10. The molecule has 0 radical (unpaired) electrons. The minimum absolute atomic E-state index is 1.10. The van der Waals surface area contributed by atoms with E-state index < -0.39 is 0 Å². The van der Waals surface area contributed by atoms with Crippen LogP contribution in [-0.4, -0.2) is 5.75 Å². The van der Waals surface area contributed by atoms with Crippen molar-refractivity contribution in [3.63, 3.8) is 0 Å². The van der Waals surface area contributed by atoms with Crippen LogP contribution in [0.4, 0.5) is 0 Å². The Bertz CT molecular complexity index is 277. The van der Waals surface area contributed by atoms with Crippen LogP contribution in [0.25, 0.3) is 0 Å². The molecule has 0 aliphatic heterocycles. The maximum Gasteiger partial charge on any atom is 0.0160 e. The summed E-state index contributed by atoms with van der Waals surface area (Å²) < 4.78 is 0. The molecule has 0 heterocycles. The molecule has 0 N–H and O–H groups in total. The zero-order valence-electron chi connectivity index (χ0n) is 10.2. The first-order valence-corrected chi connectivity index (χ1v) is 7.25. The van der Waals surface area contributed by atoms with Gasteiger partial charge in [0.25, 0.3) is 0 Å². The molecule has 0 saturated carbocycles. The van der Waals surface area contributed by atoms with Crippen molar-refractivity contribution in [2.45, 2.75) is 43.9 Å². The molecule has 0 aromatic heterocycles. The Morgan fingerprint density at radius 1 is 1.00 bits per heavy atom. The Morgan fingerprint density at radius 2 is 1.81 bits per heavy atom. The molecule has 0 aliphatic rings. The van der Waals surface area contributed by atoms with Crippen LogP contribution in [0.5, 0.6) is 0 Å². The second-order valence-electron chi connectivity index (χ2n) is 3.94. The van der Waals surface area contributed by atoms with Crippen molar-refractivity contribution in [3.8, 4) is 0 Å². The van der Waals surface area contributed by atoms with E-state index in [1.54, 1.807) is 0 Å². The standard InChI is InChI=1S/C15H22S/c1-2-3-4-5-6-7-11-14-16-15-12-9-8-10-13-15/h7-13H,2-6,14H2,1H3/b11-7+. The fourth-order valence-corrected chi connectivity index (χ4v) is 2.31. The molecular weight excluding hydrogens is 212 g/mol. The average Bonchev–Trinajstić information content (AvgIpc) is 2.34. The Labute approximate surface area is 104 Å². The number of benzene rings is 1. The van der Waals surface area contributed by atoms with Crippen molar-refractivity contribution in [2.24, 2.45) is 0 Å². The minimum Gasteiger partial charge on any atom is -0.122 e. The highest BCUT2D eigenvalue weighted by molar-refractivity contribution is 7.99. The van der Waals surface area contributed by atoms with E-state index >= 15 is 0 Å². The van der Waals surface area contributed by atoms with Gasteiger partial charge in [-0.3, -0.25) is 0 Å². The first-order valence-electron chi connectivity index (χ1n) is 6.26. The van der Waals surface area contributed by atoms with Crippen molar-refractivity contribution < 1.29 is 0 Å². The Kier molecular flexibility index (Phi) is 7.97. The predicted molar refractivity (Wildman–Crippen MR) is 75.1 cm³/mol. The van der Waals surface area contributed by atoms with Gasteiger partial charge in [-0.1, -0.05) is 56.5 Å². The molecule has 0 spiro atoms. The summed E-state index contributed by atoms with van der Waals surface area (Å²) in [6, 6.07) is 10.6. The molecule has 0 nitrogen and oxygen atoms in total. The number of rotatable bonds is 8. The molecule has 1 rings (SSSR count). The van der Waals surface area contributed by atoms with Gasteiger partial charge in [0.1, 0.15) is 0 Å². The van der Waals surface area contributed by atoms with E-state index in [9.17, 15) is 0 Å². The van der Waals surface area contributed by atoms with Gasteiger partial charge in [-0.2, -0.15) is 0 Å². The molecule has 0 fully saturated rings. The van der Waals surface area contributed by atoms with Crippen LogP contribution in [0.3, 0.4) is 0 Å². The summed E-state index contributed by atoms with van der Waals surface area (Å²) in [6.45, 7) is 2.26. The van der Waals surface area contributed by atoms with Gasteiger partial charge in [-0.15, -0.1) is 11.8 Å². The number of thioether (sulfide) groups is 1. The molecule has 0 aliphatic carbocycles. The van der Waals surface area contributed by atoms with Gasteiger partial charge < -0.3 is 0 Å². The maximum absolute atomic E-state index is 2.33. The van der Waals surface area contributed by atoms with Crippen LogP contribution in [0, 0.1) is 0 Å². The molecule has 1 aromatic carbocycles. The topological polar surface area (TPSA) is 0 Å². The van der Waals surface area contributed by atoms with Crippen molar-refractivity contribution in [1.29, 1.82) is 0 Å². The molecule has 0 saturated heterocycles. The van der Waals surface area contributed by atoms with Gasteiger partial charge in [0.05, 0.1) is 0 Å². The Balaban J connectivity index is 2.00. The molecule has 0 bridgehead atoms. The van der Waals surface area contributed by atoms with Crippen molar-refractivity contribution in [1.82, 2.24) is 0 Å². The van der Waals surface area contributed by atoms with E-state index in [1.165, 1.54) is 37.0 Å². The zero-order chi connectivity index (χ0) is 11.5. The molecule has 0 unspecified atom stereocenters. The van der Waals surface area contributed by atoms with Crippen molar-refractivity contribution in [3.05, 3.63) is 42.5 Å². The third-order valence-electron chi connectivity index (χ3n) is 2.48. The SMILES string of the molecule is CCCCCC/C=C/CSc1ccccc1. The normalized spacial score (nSPS) is 11.1. The molecule has 1 aromatic rings. The largest absolute Gasteiger partial charge is 0.122 e. The van der Waals surface area contributed by atoms with E-state index in [2.05, 4.69) is 49.4 Å². The third kappa shape index (κ3) is 6.73. The third-order valence-corrected chi connectivity index (χ3v) is 3.45. The van der Waals surface area contributed by atoms with Crippen LogP contribution in [0.1, 0.15) is 39.0 Å². The average molecular weight is 234 g/mol. The fourth-order valence-electron chi connectivity index (χ4n) is 1.54. The summed E-state index contributed by atoms with van der Waals surface area (Å²) >= 11 is 1.90. The van der Waals surface area contributed by atoms with E-state index in [4.69, 9.17) is 0 Å². The van der Waals surface area contributed by atoms with Crippen molar-refractivity contribution >= 4 is 11.8 Å². The van der Waals surface area contributed by atoms with Gasteiger partial charge in [0.2, 0.25) is 0 Å². The predicted octanol–water partition coefficient (Wildman–Crippen LogP) is 5.31. The molecule has 88 valence electrons. The van der Waals surface area contributed by atoms with Gasteiger partial charge in [0.15, 0.2) is 0 Å². The summed E-state index contributed by atoms with van der Waals surface area (Å²) in [5.41, 5.74) is 0. The van der Waals surface area contributed by atoms with E-state index in [-0.39, 0.29) is 0 Å². The highest BCUT2D eigenvalue weighted by atomic mass is 32.2. The summed E-state index contributed by atoms with van der Waals surface area (Å²) in [5, 5.41) is 0. The molecule has 0 amide bonds. The van der Waals surface area contributed by atoms with Crippen LogP contribution >= 0.6 is 11.8 Å². The van der Waals surface area contributed by atoms with Gasteiger partial charge in [0, 0.05) is 10.6 Å². The summed E-state index contributed by atoms with van der Waals surface area (Å²) in [4.78, 5) is 1.36. The highest BCUT2D eigenvalue weighted by Gasteiger charge is 1.88. The van der Waals surface area contributed by atoms with Crippen LogP contribution in [0.15, 0.2) is 47.4 Å². The highest BCUT2D eigenvalue weighted by Crippen LogP contribution is 2.16. The first kappa shape index (κ1) is 13.4. The van der Waals surface area contributed by atoms with E-state index in [1.807, 2.05) is 11.8 Å². The lowest BCUT2D eigenvalue weighted by atomic mass is 10.1. The molecule has 0 atom stereocenters. The number of unbranched alkanes of at least 4 members (excludes halogenated alkanes) is 4. The molecule has 1 heteroatoms. The second-order valence-corrected chi connectivity index (χ2v) is 5.04. The first-order chi connectivity index (χ1) is 7.93. The Morgan fingerprint density at radius 3 is 2.56 bits per heavy atom. The Hall–Kier alpha value is -0.690. The number of allylic oxidation sites excluding steroid dienone is 1. The van der Waals surface area contributed by atoms with E-state index in [0.717, 1.165) is 5.75 Å². The quantitative estimate of drug-likeness (QED) is 0.334. The summed E-state index contributed by atoms with van der Waals surface area (Å²) in [7, 11) is 0. The monoisotopic (exact) mass is 234 g/mol. The molecule has 16 heavy (non-hydrogen) atoms. The van der Waals surface area contributed by atoms with Crippen LogP contribution in [0.2, 0.25) is 0 Å². The van der Waals surface area contributed by atoms with Gasteiger partial charge >= 0.3 is 0 Å². The van der Waals surface area contributed by atoms with Gasteiger partial charge in [-0.05, 0) is 25.0 Å². The lowest BCUT2D eigenvalue weighted by molar-refractivity contribution is 0.674. The van der Waals surface area contributed by atoms with Crippen molar-refractivity contribution in [2.75, 3.05) is 5.75 Å². The summed E-state index contributed by atoms with van der Waals surface area (Å²) in [6.07, 6.45) is 11.3. The summed E-state index contributed by atoms with van der Waals surface area (Å²) in [5.74, 6) is 1.10. The smallest absolute Gasteiger partial charge is 0.0160 e. The van der Waals surface area contributed by atoms with E-state index in [0.29, 0.717) is 0 Å². The number of hydrogen-bond acceptors (Lipinski definition) is 1. The molecular formula is C15H22S. The van der Waals surface area contributed by atoms with Gasteiger partial charge in [-0.25, -0.2) is 0 Å².